The van der Waals surface area contributed by atoms with Crippen molar-refractivity contribution in [2.24, 2.45) is 5.92 Å². The van der Waals surface area contributed by atoms with Gasteiger partial charge in [0.2, 0.25) is 0 Å². The van der Waals surface area contributed by atoms with E-state index in [9.17, 15) is 4.39 Å². The Hall–Kier alpha value is -0.750. The van der Waals surface area contributed by atoms with Gasteiger partial charge in [-0.3, -0.25) is 4.90 Å². The molecule has 2 fully saturated rings. The van der Waals surface area contributed by atoms with E-state index in [-0.39, 0.29) is 5.82 Å². The van der Waals surface area contributed by atoms with Gasteiger partial charge in [0.15, 0.2) is 0 Å². The molecule has 2 atom stereocenters. The first-order valence-corrected chi connectivity index (χ1v) is 11.4. The summed E-state index contributed by atoms with van der Waals surface area (Å²) in [5, 5.41) is 2.79. The fraction of sp³-hybridized carbons (Fsp3) is 0.619. The molecule has 1 aromatic carbocycles. The second-order valence-corrected chi connectivity index (χ2v) is 9.54. The van der Waals surface area contributed by atoms with Gasteiger partial charge in [-0.2, -0.15) is 0 Å². The quantitative estimate of drug-likeness (QED) is 0.693. The molecule has 148 valence electrons. The molecule has 3 aliphatic heterocycles. The van der Waals surface area contributed by atoms with E-state index in [4.69, 9.17) is 11.6 Å². The number of benzene rings is 1. The van der Waals surface area contributed by atoms with Crippen molar-refractivity contribution in [2.45, 2.75) is 50.7 Å². The van der Waals surface area contributed by atoms with Crippen molar-refractivity contribution in [2.75, 3.05) is 26.2 Å². The van der Waals surface area contributed by atoms with Crippen LogP contribution in [0.1, 0.15) is 38.2 Å². The molecule has 0 N–H and O–H groups in total. The van der Waals surface area contributed by atoms with Crippen LogP contribution in [0.15, 0.2) is 29.8 Å². The lowest BCUT2D eigenvalue weighted by molar-refractivity contribution is 0.0493. The molecule has 0 amide bonds. The predicted molar refractivity (Wildman–Crippen MR) is 112 cm³/mol. The molecule has 3 aliphatic rings. The van der Waals surface area contributed by atoms with E-state index < -0.39 is 0 Å². The largest absolute Gasteiger partial charge is 0.348 e. The van der Waals surface area contributed by atoms with Gasteiger partial charge < -0.3 is 9.80 Å². The van der Waals surface area contributed by atoms with E-state index in [0.29, 0.717) is 17.1 Å². The Morgan fingerprint density at radius 3 is 2.74 bits per heavy atom. The third kappa shape index (κ3) is 4.64. The molecule has 0 bridgehead atoms. The van der Waals surface area contributed by atoms with Crippen molar-refractivity contribution in [3.63, 3.8) is 0 Å². The van der Waals surface area contributed by atoms with Crippen LogP contribution in [0.3, 0.4) is 0 Å². The Morgan fingerprint density at radius 1 is 1.15 bits per heavy atom. The Bertz CT molecular complexity index is 677. The molecule has 0 spiro atoms. The summed E-state index contributed by atoms with van der Waals surface area (Å²) in [6, 6.07) is 5.37. The van der Waals surface area contributed by atoms with Crippen molar-refractivity contribution in [3.05, 3.63) is 46.2 Å². The number of nitrogens with zero attached hydrogens (tertiary/aromatic N) is 3. The van der Waals surface area contributed by atoms with Crippen molar-refractivity contribution >= 4 is 23.4 Å². The van der Waals surface area contributed by atoms with Crippen molar-refractivity contribution in [1.29, 1.82) is 0 Å². The highest BCUT2D eigenvalue weighted by Gasteiger charge is 2.33. The fourth-order valence-corrected chi connectivity index (χ4v) is 5.88. The van der Waals surface area contributed by atoms with Gasteiger partial charge in [0.05, 0.1) is 0 Å². The van der Waals surface area contributed by atoms with Crippen LogP contribution in [-0.4, -0.2) is 52.4 Å². The molecule has 0 aliphatic carbocycles. The lowest BCUT2D eigenvalue weighted by atomic mass is 9.95. The topological polar surface area (TPSA) is 9.72 Å². The molecule has 27 heavy (non-hydrogen) atoms. The number of halogens is 2. The Kier molecular flexibility index (Phi) is 6.32. The van der Waals surface area contributed by atoms with Gasteiger partial charge in [0.25, 0.3) is 0 Å². The minimum Gasteiger partial charge on any atom is -0.348 e. The van der Waals surface area contributed by atoms with Crippen LogP contribution in [0, 0.1) is 11.7 Å². The van der Waals surface area contributed by atoms with E-state index in [1.165, 1.54) is 44.8 Å². The number of hydrogen-bond donors (Lipinski definition) is 0. The minimum absolute atomic E-state index is 0.224. The lowest BCUT2D eigenvalue weighted by Gasteiger charge is -2.44. The van der Waals surface area contributed by atoms with Crippen LogP contribution in [-0.2, 0) is 6.54 Å². The first-order chi connectivity index (χ1) is 13.1. The molecule has 1 aromatic rings. The van der Waals surface area contributed by atoms with Crippen molar-refractivity contribution in [3.8, 4) is 0 Å². The van der Waals surface area contributed by atoms with Gasteiger partial charge >= 0.3 is 0 Å². The van der Waals surface area contributed by atoms with Gasteiger partial charge in [-0.25, -0.2) is 4.39 Å². The number of likely N-dealkylation sites (tertiary alicyclic amines) is 2. The Morgan fingerprint density at radius 2 is 1.96 bits per heavy atom. The Labute approximate surface area is 171 Å². The van der Waals surface area contributed by atoms with Crippen molar-refractivity contribution < 1.29 is 4.39 Å². The van der Waals surface area contributed by atoms with Crippen LogP contribution in [0.4, 0.5) is 4.39 Å². The monoisotopic (exact) mass is 409 g/mol. The summed E-state index contributed by atoms with van der Waals surface area (Å²) in [6.07, 6.45) is 7.36. The van der Waals surface area contributed by atoms with Gasteiger partial charge in [-0.15, -0.1) is 0 Å². The highest BCUT2D eigenvalue weighted by Crippen LogP contribution is 2.34. The van der Waals surface area contributed by atoms with Crippen molar-refractivity contribution in [1.82, 2.24) is 14.7 Å². The highest BCUT2D eigenvalue weighted by molar-refractivity contribution is 8.02. The molecule has 3 heterocycles. The zero-order valence-corrected chi connectivity index (χ0v) is 17.6. The van der Waals surface area contributed by atoms with Gasteiger partial charge in [-0.1, -0.05) is 30.3 Å². The predicted octanol–water partition coefficient (Wildman–Crippen LogP) is 4.98. The maximum atomic E-state index is 13.6. The maximum absolute atomic E-state index is 13.6. The van der Waals surface area contributed by atoms with Crippen LogP contribution < -0.4 is 0 Å². The van der Waals surface area contributed by atoms with Crippen LogP contribution in [0.2, 0.25) is 5.02 Å². The third-order valence-electron chi connectivity index (χ3n) is 6.11. The number of thioether (sulfide) groups is 1. The zero-order valence-electron chi connectivity index (χ0n) is 16.0. The normalized spacial score (nSPS) is 28.2. The highest BCUT2D eigenvalue weighted by atomic mass is 35.5. The van der Waals surface area contributed by atoms with Gasteiger partial charge in [0.1, 0.15) is 11.3 Å². The molecule has 0 saturated carbocycles. The smallest absolute Gasteiger partial charge is 0.134 e. The summed E-state index contributed by atoms with van der Waals surface area (Å²) in [4.78, 5) is 7.59. The fourth-order valence-electron chi connectivity index (χ4n) is 4.65. The summed E-state index contributed by atoms with van der Waals surface area (Å²) in [5.41, 5.74) is 1.15. The van der Waals surface area contributed by atoms with E-state index >= 15 is 0 Å². The zero-order chi connectivity index (χ0) is 18.8. The molecule has 6 heteroatoms. The molecule has 0 radical (unpaired) electrons. The van der Waals surface area contributed by atoms with E-state index in [1.807, 2.05) is 11.8 Å². The molecular weight excluding hydrogens is 381 g/mol. The third-order valence-corrected chi connectivity index (χ3v) is 7.57. The number of piperidine rings is 2. The van der Waals surface area contributed by atoms with E-state index in [0.717, 1.165) is 30.6 Å². The summed E-state index contributed by atoms with van der Waals surface area (Å²) in [5.74, 6) is 0.622. The summed E-state index contributed by atoms with van der Waals surface area (Å²) < 4.78 is 13.6. The van der Waals surface area contributed by atoms with Crippen LogP contribution in [0.25, 0.3) is 0 Å². The van der Waals surface area contributed by atoms with Crippen LogP contribution >= 0.6 is 23.4 Å². The molecule has 0 aromatic heterocycles. The molecular formula is C21H29ClFN3S. The van der Waals surface area contributed by atoms with Gasteiger partial charge in [-0.05, 0) is 67.3 Å². The average molecular weight is 410 g/mol. The SMILES string of the molecule is C[C@@H]1CCCN(C2CCN(C3SC=CN3Cc3cc(F)ccc3Cl)CC2)C1. The van der Waals surface area contributed by atoms with E-state index in [1.54, 1.807) is 12.1 Å². The van der Waals surface area contributed by atoms with Crippen LogP contribution in [0.5, 0.6) is 0 Å². The second kappa shape index (κ2) is 8.73. The summed E-state index contributed by atoms with van der Waals surface area (Å²) in [6.45, 7) is 7.84. The standard InChI is InChI=1S/C21H29ClFN3S/c1-16-3-2-8-25(14-16)19-6-9-24(10-7-19)21-26(11-12-27-21)15-17-13-18(23)4-5-20(17)22/h4-5,11-13,16,19,21H,2-3,6-10,14-15H2,1H3/t16-,21?/m1/s1. The molecule has 3 nitrogen and oxygen atoms in total. The second-order valence-electron chi connectivity index (χ2n) is 8.17. The van der Waals surface area contributed by atoms with E-state index in [2.05, 4.69) is 33.2 Å². The number of hydrogen-bond acceptors (Lipinski definition) is 4. The Balaban J connectivity index is 1.34. The number of rotatable bonds is 4. The molecule has 1 unspecified atom stereocenters. The van der Waals surface area contributed by atoms with Gasteiger partial charge in [0, 0.05) is 43.4 Å². The molecule has 2 saturated heterocycles. The summed E-state index contributed by atoms with van der Waals surface area (Å²) in [7, 11) is 0. The lowest BCUT2D eigenvalue weighted by Crippen LogP contribution is -2.51. The first-order valence-electron chi connectivity index (χ1n) is 10.1. The maximum Gasteiger partial charge on any atom is 0.134 e. The minimum atomic E-state index is -0.224. The molecule has 4 rings (SSSR count). The first kappa shape index (κ1) is 19.6. The summed E-state index contributed by atoms with van der Waals surface area (Å²) >= 11 is 8.13. The average Bonchev–Trinajstić information content (AvgIpc) is 3.13.